The molecule has 0 aliphatic carbocycles. The third kappa shape index (κ3) is 0.718. The number of ether oxygens (including phenoxy) is 3. The molecule has 0 N–H and O–H groups in total. The van der Waals surface area contributed by atoms with Crippen LogP contribution in [0.25, 0.3) is 0 Å². The summed E-state index contributed by atoms with van der Waals surface area (Å²) in [5.74, 6) is -0.949. The average molecular weight is 196 g/mol. The van der Waals surface area contributed by atoms with Gasteiger partial charge in [-0.05, 0) is 5.92 Å². The Labute approximate surface area is 81.8 Å². The van der Waals surface area contributed by atoms with Crippen LogP contribution in [-0.4, -0.2) is 24.0 Å². The highest BCUT2D eigenvalue weighted by Gasteiger charge is 2.72. The van der Waals surface area contributed by atoms with Crippen LogP contribution in [0.15, 0.2) is 12.8 Å². The lowest BCUT2D eigenvalue weighted by Crippen LogP contribution is -2.42. The molecule has 0 amide bonds. The van der Waals surface area contributed by atoms with E-state index < -0.39 is 5.79 Å². The standard InChI is InChI=1S/C10H12O4/c1-3-12-10-4-6-5(2)7(8(10)13-6)9(11)14-10/h3,5-8H,1,4H2,2H3. The number of hydrogen-bond donors (Lipinski definition) is 0. The molecule has 3 heterocycles. The fourth-order valence-electron chi connectivity index (χ4n) is 2.87. The highest BCUT2D eigenvalue weighted by Crippen LogP contribution is 2.55. The van der Waals surface area contributed by atoms with Crippen molar-refractivity contribution in [2.24, 2.45) is 11.8 Å². The van der Waals surface area contributed by atoms with Gasteiger partial charge in [0.2, 0.25) is 0 Å². The molecule has 3 fully saturated rings. The van der Waals surface area contributed by atoms with Gasteiger partial charge < -0.3 is 14.2 Å². The molecule has 0 aromatic rings. The molecule has 3 rings (SSSR count). The number of esters is 1. The van der Waals surface area contributed by atoms with Crippen LogP contribution in [0, 0.1) is 11.8 Å². The molecule has 5 atom stereocenters. The Balaban J connectivity index is 2.00. The minimum atomic E-state index is -0.860. The van der Waals surface area contributed by atoms with Crippen molar-refractivity contribution in [3.05, 3.63) is 12.8 Å². The van der Waals surface area contributed by atoms with Crippen molar-refractivity contribution in [1.82, 2.24) is 0 Å². The second-order valence-electron chi connectivity index (χ2n) is 4.20. The van der Waals surface area contributed by atoms with Gasteiger partial charge in [0.05, 0.1) is 24.7 Å². The molecule has 3 saturated heterocycles. The molecule has 0 aromatic heterocycles. The van der Waals surface area contributed by atoms with Crippen molar-refractivity contribution >= 4 is 5.97 Å². The fourth-order valence-corrected chi connectivity index (χ4v) is 2.87. The summed E-state index contributed by atoms with van der Waals surface area (Å²) < 4.78 is 16.3. The number of fused-ring (bicyclic) bond motifs is 1. The van der Waals surface area contributed by atoms with Crippen LogP contribution in [0.1, 0.15) is 13.3 Å². The molecule has 14 heavy (non-hydrogen) atoms. The van der Waals surface area contributed by atoms with E-state index >= 15 is 0 Å². The van der Waals surface area contributed by atoms with Crippen molar-refractivity contribution in [3.63, 3.8) is 0 Å². The number of carbonyl (C=O) groups excluding carboxylic acids is 1. The van der Waals surface area contributed by atoms with E-state index in [1.54, 1.807) is 0 Å². The molecule has 0 spiro atoms. The average Bonchev–Trinajstić information content (AvgIpc) is 2.64. The molecule has 0 radical (unpaired) electrons. The van der Waals surface area contributed by atoms with Crippen molar-refractivity contribution < 1.29 is 19.0 Å². The lowest BCUT2D eigenvalue weighted by atomic mass is 9.80. The summed E-state index contributed by atoms with van der Waals surface area (Å²) in [7, 11) is 0. The van der Waals surface area contributed by atoms with Gasteiger partial charge in [-0.3, -0.25) is 4.79 Å². The molecule has 4 nitrogen and oxygen atoms in total. The van der Waals surface area contributed by atoms with E-state index in [0.29, 0.717) is 6.42 Å². The second kappa shape index (κ2) is 2.31. The predicted molar refractivity (Wildman–Crippen MR) is 46.0 cm³/mol. The first-order valence-electron chi connectivity index (χ1n) is 4.85. The summed E-state index contributed by atoms with van der Waals surface area (Å²) >= 11 is 0. The number of rotatable bonds is 2. The van der Waals surface area contributed by atoms with Gasteiger partial charge in [-0.1, -0.05) is 13.5 Å². The quantitative estimate of drug-likeness (QED) is 0.484. The van der Waals surface area contributed by atoms with Crippen molar-refractivity contribution in [3.8, 4) is 0 Å². The van der Waals surface area contributed by atoms with E-state index in [9.17, 15) is 4.79 Å². The fraction of sp³-hybridized carbons (Fsp3) is 0.700. The highest BCUT2D eigenvalue weighted by atomic mass is 16.8. The summed E-state index contributed by atoms with van der Waals surface area (Å²) in [5.41, 5.74) is 0. The molecule has 2 bridgehead atoms. The van der Waals surface area contributed by atoms with Crippen LogP contribution in [-0.2, 0) is 19.0 Å². The first-order chi connectivity index (χ1) is 6.68. The van der Waals surface area contributed by atoms with E-state index in [4.69, 9.17) is 14.2 Å². The minimum Gasteiger partial charge on any atom is -0.458 e. The van der Waals surface area contributed by atoms with Gasteiger partial charge in [-0.2, -0.15) is 0 Å². The summed E-state index contributed by atoms with van der Waals surface area (Å²) in [6.45, 7) is 5.52. The van der Waals surface area contributed by atoms with Gasteiger partial charge in [0.1, 0.15) is 6.10 Å². The molecule has 0 aromatic carbocycles. The van der Waals surface area contributed by atoms with Crippen molar-refractivity contribution in [2.75, 3.05) is 0 Å². The molecule has 4 heteroatoms. The van der Waals surface area contributed by atoms with Crippen LogP contribution >= 0.6 is 0 Å². The van der Waals surface area contributed by atoms with E-state index in [0.717, 1.165) is 0 Å². The number of hydrogen-bond acceptors (Lipinski definition) is 4. The largest absolute Gasteiger partial charge is 0.458 e. The monoisotopic (exact) mass is 196 g/mol. The maximum absolute atomic E-state index is 11.6. The Morgan fingerprint density at radius 1 is 1.71 bits per heavy atom. The smallest absolute Gasteiger partial charge is 0.315 e. The Kier molecular flexibility index (Phi) is 1.37. The minimum absolute atomic E-state index is 0.0939. The summed E-state index contributed by atoms with van der Waals surface area (Å²) in [5, 5.41) is 0. The SMILES string of the molecule is C=COC12CC3OC1C(C(=O)O2)C3C. The molecule has 76 valence electrons. The van der Waals surface area contributed by atoms with Crippen molar-refractivity contribution in [2.45, 2.75) is 31.3 Å². The van der Waals surface area contributed by atoms with Crippen LogP contribution in [0.4, 0.5) is 0 Å². The molecule has 3 aliphatic rings. The van der Waals surface area contributed by atoms with Crippen molar-refractivity contribution in [1.29, 1.82) is 0 Å². The van der Waals surface area contributed by atoms with E-state index in [1.807, 2.05) is 6.92 Å². The Bertz CT molecular complexity index is 313. The zero-order chi connectivity index (χ0) is 9.92. The molecule has 0 saturated carbocycles. The van der Waals surface area contributed by atoms with Crippen LogP contribution in [0.3, 0.4) is 0 Å². The zero-order valence-corrected chi connectivity index (χ0v) is 7.93. The Morgan fingerprint density at radius 3 is 3.14 bits per heavy atom. The highest BCUT2D eigenvalue weighted by molar-refractivity contribution is 5.78. The van der Waals surface area contributed by atoms with Gasteiger partial charge >= 0.3 is 5.97 Å². The maximum Gasteiger partial charge on any atom is 0.315 e. The summed E-state index contributed by atoms with van der Waals surface area (Å²) in [6, 6.07) is 0. The van der Waals surface area contributed by atoms with Crippen LogP contribution in [0.5, 0.6) is 0 Å². The first-order valence-corrected chi connectivity index (χ1v) is 4.85. The Hall–Kier alpha value is -1.03. The molecular formula is C10H12O4. The van der Waals surface area contributed by atoms with Crippen LogP contribution in [0.2, 0.25) is 0 Å². The van der Waals surface area contributed by atoms with Gasteiger partial charge in [0.25, 0.3) is 5.79 Å². The normalized spacial score (nSPS) is 53.4. The lowest BCUT2D eigenvalue weighted by Gasteiger charge is -2.27. The van der Waals surface area contributed by atoms with Gasteiger partial charge in [-0.25, -0.2) is 0 Å². The molecular weight excluding hydrogens is 184 g/mol. The maximum atomic E-state index is 11.6. The molecule has 3 aliphatic heterocycles. The van der Waals surface area contributed by atoms with Gasteiger partial charge in [-0.15, -0.1) is 0 Å². The number of carbonyl (C=O) groups is 1. The zero-order valence-electron chi connectivity index (χ0n) is 7.93. The second-order valence-corrected chi connectivity index (χ2v) is 4.20. The third-order valence-corrected chi connectivity index (χ3v) is 3.55. The van der Waals surface area contributed by atoms with E-state index in [1.165, 1.54) is 6.26 Å². The van der Waals surface area contributed by atoms with Crippen LogP contribution < -0.4 is 0 Å². The topological polar surface area (TPSA) is 44.8 Å². The van der Waals surface area contributed by atoms with E-state index in [-0.39, 0.29) is 30.0 Å². The van der Waals surface area contributed by atoms with Gasteiger partial charge in [0.15, 0.2) is 0 Å². The third-order valence-electron chi connectivity index (χ3n) is 3.55. The van der Waals surface area contributed by atoms with E-state index in [2.05, 4.69) is 6.58 Å². The first kappa shape index (κ1) is 8.29. The molecule has 5 unspecified atom stereocenters. The lowest BCUT2D eigenvalue weighted by molar-refractivity contribution is -0.197. The Morgan fingerprint density at radius 2 is 2.50 bits per heavy atom. The van der Waals surface area contributed by atoms with Gasteiger partial charge in [0, 0.05) is 0 Å². The summed E-state index contributed by atoms with van der Waals surface area (Å²) in [4.78, 5) is 11.6. The predicted octanol–water partition coefficient (Wildman–Crippen LogP) is 0.823. The summed E-state index contributed by atoms with van der Waals surface area (Å²) in [6.07, 6.45) is 1.82.